The molecule has 1 heterocycles. The third-order valence-corrected chi connectivity index (χ3v) is 3.70. The Kier molecular flexibility index (Phi) is 4.03. The zero-order chi connectivity index (χ0) is 14.0. The maximum absolute atomic E-state index is 12.5. The summed E-state index contributed by atoms with van der Waals surface area (Å²) in [4.78, 5) is 26.3. The molecule has 0 aromatic heterocycles. The summed E-state index contributed by atoms with van der Waals surface area (Å²) < 4.78 is 0. The van der Waals surface area contributed by atoms with Gasteiger partial charge in [-0.05, 0) is 31.9 Å². The van der Waals surface area contributed by atoms with Crippen molar-refractivity contribution in [1.29, 1.82) is 0 Å². The first kappa shape index (κ1) is 13.8. The molecule has 0 unspecified atom stereocenters. The summed E-state index contributed by atoms with van der Waals surface area (Å²) in [5.41, 5.74) is 2.07. The second-order valence-electron chi connectivity index (χ2n) is 5.58. The topological polar surface area (TPSA) is 37.4 Å². The van der Waals surface area contributed by atoms with E-state index in [1.165, 1.54) is 5.56 Å². The molecule has 0 aliphatic carbocycles. The van der Waals surface area contributed by atoms with Crippen LogP contribution in [0, 0.1) is 18.8 Å². The predicted molar refractivity (Wildman–Crippen MR) is 76.1 cm³/mol. The Morgan fingerprint density at radius 3 is 2.47 bits per heavy atom. The number of hydrogen-bond donors (Lipinski definition) is 0. The molecule has 3 nitrogen and oxygen atoms in total. The van der Waals surface area contributed by atoms with Crippen LogP contribution in [-0.4, -0.2) is 18.2 Å². The molecule has 102 valence electrons. The van der Waals surface area contributed by atoms with Gasteiger partial charge in [-0.2, -0.15) is 0 Å². The van der Waals surface area contributed by atoms with Crippen molar-refractivity contribution in [2.24, 2.45) is 11.8 Å². The molecule has 1 aliphatic rings. The monoisotopic (exact) mass is 259 g/mol. The van der Waals surface area contributed by atoms with Gasteiger partial charge in [0, 0.05) is 18.2 Å². The van der Waals surface area contributed by atoms with Crippen molar-refractivity contribution >= 4 is 17.4 Å². The van der Waals surface area contributed by atoms with E-state index in [4.69, 9.17) is 0 Å². The van der Waals surface area contributed by atoms with Gasteiger partial charge in [-0.3, -0.25) is 9.59 Å². The molecular formula is C16H21NO2. The van der Waals surface area contributed by atoms with E-state index in [2.05, 4.69) is 0 Å². The Morgan fingerprint density at radius 2 is 1.89 bits per heavy atom. The summed E-state index contributed by atoms with van der Waals surface area (Å²) in [6.45, 7) is 6.46. The van der Waals surface area contributed by atoms with Crippen LogP contribution >= 0.6 is 0 Å². The average Bonchev–Trinajstić information content (AvgIpc) is 2.39. The van der Waals surface area contributed by atoms with Gasteiger partial charge < -0.3 is 4.90 Å². The summed E-state index contributed by atoms with van der Waals surface area (Å²) in [5, 5.41) is 0. The highest BCUT2D eigenvalue weighted by Crippen LogP contribution is 2.26. The number of ketones is 1. The molecule has 0 N–H and O–H groups in total. The zero-order valence-electron chi connectivity index (χ0n) is 11.8. The van der Waals surface area contributed by atoms with Crippen LogP contribution in [0.2, 0.25) is 0 Å². The molecule has 1 aromatic rings. The number of aryl methyl sites for hydroxylation is 1. The van der Waals surface area contributed by atoms with Crippen molar-refractivity contribution in [3.05, 3.63) is 29.8 Å². The standard InChI is InChI=1S/C16H21NO2/c1-11(2)15(18)14-5-4-10-17(16(14)19)13-8-6-12(3)7-9-13/h6-9,11,14H,4-5,10H2,1-3H3/t14-/m1/s1. The molecule has 1 saturated heterocycles. The normalized spacial score (nSPS) is 19.9. The van der Waals surface area contributed by atoms with Gasteiger partial charge in [0.1, 0.15) is 5.78 Å². The first-order chi connectivity index (χ1) is 9.00. The molecule has 1 amide bonds. The van der Waals surface area contributed by atoms with Gasteiger partial charge in [0.15, 0.2) is 0 Å². The third kappa shape index (κ3) is 2.86. The van der Waals surface area contributed by atoms with Crippen LogP contribution in [0.25, 0.3) is 0 Å². The van der Waals surface area contributed by atoms with Gasteiger partial charge in [-0.25, -0.2) is 0 Å². The van der Waals surface area contributed by atoms with E-state index in [0.717, 1.165) is 12.1 Å². The number of Topliss-reactive ketones (excluding diaryl/α,β-unsaturated/α-hetero) is 1. The average molecular weight is 259 g/mol. The van der Waals surface area contributed by atoms with Crippen molar-refractivity contribution in [1.82, 2.24) is 0 Å². The van der Waals surface area contributed by atoms with Crippen LogP contribution in [-0.2, 0) is 9.59 Å². The summed E-state index contributed by atoms with van der Waals surface area (Å²) in [6, 6.07) is 7.90. The van der Waals surface area contributed by atoms with Crippen molar-refractivity contribution in [3.63, 3.8) is 0 Å². The largest absolute Gasteiger partial charge is 0.312 e. The highest BCUT2D eigenvalue weighted by molar-refractivity contribution is 6.09. The number of benzene rings is 1. The number of hydrogen-bond acceptors (Lipinski definition) is 2. The number of piperidine rings is 1. The van der Waals surface area contributed by atoms with Crippen LogP contribution in [0.5, 0.6) is 0 Å². The van der Waals surface area contributed by atoms with Crippen molar-refractivity contribution < 1.29 is 9.59 Å². The number of rotatable bonds is 3. The number of nitrogens with zero attached hydrogens (tertiary/aromatic N) is 1. The fourth-order valence-electron chi connectivity index (χ4n) is 2.52. The van der Waals surface area contributed by atoms with E-state index in [1.54, 1.807) is 4.90 Å². The van der Waals surface area contributed by atoms with Crippen LogP contribution in [0.3, 0.4) is 0 Å². The van der Waals surface area contributed by atoms with E-state index in [-0.39, 0.29) is 17.6 Å². The molecule has 1 aliphatic heterocycles. The summed E-state index contributed by atoms with van der Waals surface area (Å²) in [6.07, 6.45) is 1.58. The SMILES string of the molecule is Cc1ccc(N2CCC[C@H](C(=O)C(C)C)C2=O)cc1. The minimum Gasteiger partial charge on any atom is -0.312 e. The molecule has 1 atom stereocenters. The summed E-state index contributed by atoms with van der Waals surface area (Å²) >= 11 is 0. The first-order valence-electron chi connectivity index (χ1n) is 6.92. The van der Waals surface area contributed by atoms with Gasteiger partial charge in [-0.1, -0.05) is 31.5 Å². The molecule has 0 bridgehead atoms. The number of carbonyl (C=O) groups excluding carboxylic acids is 2. The van der Waals surface area contributed by atoms with Crippen LogP contribution in [0.4, 0.5) is 5.69 Å². The Bertz CT molecular complexity index is 476. The fourth-order valence-corrected chi connectivity index (χ4v) is 2.52. The van der Waals surface area contributed by atoms with Crippen LogP contribution < -0.4 is 4.90 Å². The molecule has 1 fully saturated rings. The molecule has 0 radical (unpaired) electrons. The lowest BCUT2D eigenvalue weighted by atomic mass is 9.87. The number of amides is 1. The minimum absolute atomic E-state index is 0.0335. The van der Waals surface area contributed by atoms with E-state index in [0.29, 0.717) is 13.0 Å². The third-order valence-electron chi connectivity index (χ3n) is 3.70. The van der Waals surface area contributed by atoms with Gasteiger partial charge in [-0.15, -0.1) is 0 Å². The smallest absolute Gasteiger partial charge is 0.237 e. The lowest BCUT2D eigenvalue weighted by molar-refractivity contribution is -0.135. The lowest BCUT2D eigenvalue weighted by Gasteiger charge is -2.32. The van der Waals surface area contributed by atoms with Gasteiger partial charge in [0.05, 0.1) is 5.92 Å². The first-order valence-corrected chi connectivity index (χ1v) is 6.92. The molecule has 1 aromatic carbocycles. The lowest BCUT2D eigenvalue weighted by Crippen LogP contribution is -2.45. The van der Waals surface area contributed by atoms with Crippen LogP contribution in [0.15, 0.2) is 24.3 Å². The van der Waals surface area contributed by atoms with E-state index in [9.17, 15) is 9.59 Å². The minimum atomic E-state index is -0.449. The van der Waals surface area contributed by atoms with Crippen molar-refractivity contribution in [3.8, 4) is 0 Å². The quantitative estimate of drug-likeness (QED) is 0.783. The van der Waals surface area contributed by atoms with Gasteiger partial charge in [0.2, 0.25) is 5.91 Å². The number of carbonyl (C=O) groups is 2. The fraction of sp³-hybridized carbons (Fsp3) is 0.500. The Labute approximate surface area is 114 Å². The second-order valence-corrected chi connectivity index (χ2v) is 5.58. The molecule has 0 saturated carbocycles. The summed E-state index contributed by atoms with van der Waals surface area (Å²) in [5.74, 6) is -0.488. The van der Waals surface area contributed by atoms with Crippen molar-refractivity contribution in [2.45, 2.75) is 33.6 Å². The van der Waals surface area contributed by atoms with Crippen LogP contribution in [0.1, 0.15) is 32.3 Å². The predicted octanol–water partition coefficient (Wildman–Crippen LogP) is 2.96. The Hall–Kier alpha value is -1.64. The van der Waals surface area contributed by atoms with Gasteiger partial charge >= 0.3 is 0 Å². The van der Waals surface area contributed by atoms with Gasteiger partial charge in [0.25, 0.3) is 0 Å². The highest BCUT2D eigenvalue weighted by atomic mass is 16.2. The van der Waals surface area contributed by atoms with E-state index in [1.807, 2.05) is 45.0 Å². The molecule has 2 rings (SSSR count). The van der Waals surface area contributed by atoms with Crippen molar-refractivity contribution in [2.75, 3.05) is 11.4 Å². The summed E-state index contributed by atoms with van der Waals surface area (Å²) in [7, 11) is 0. The molecule has 19 heavy (non-hydrogen) atoms. The Morgan fingerprint density at radius 1 is 1.26 bits per heavy atom. The maximum Gasteiger partial charge on any atom is 0.237 e. The molecule has 0 spiro atoms. The highest BCUT2D eigenvalue weighted by Gasteiger charge is 2.35. The second kappa shape index (κ2) is 5.55. The Balaban J connectivity index is 2.21. The number of anilines is 1. The van der Waals surface area contributed by atoms with E-state index >= 15 is 0 Å². The zero-order valence-corrected chi connectivity index (χ0v) is 11.8. The molecular weight excluding hydrogens is 238 g/mol. The maximum atomic E-state index is 12.5. The van der Waals surface area contributed by atoms with E-state index < -0.39 is 5.92 Å². The molecule has 3 heteroatoms.